The second-order valence-electron chi connectivity index (χ2n) is 11.3. The lowest BCUT2D eigenvalue weighted by atomic mass is 10.2. The summed E-state index contributed by atoms with van der Waals surface area (Å²) < 4.78 is 48.6. The zero-order valence-corrected chi connectivity index (χ0v) is 26.6. The number of hydrogen-bond acceptors (Lipinski definition) is 8. The number of methoxy groups -OCH3 is 2. The molecule has 1 fully saturated rings. The van der Waals surface area contributed by atoms with Crippen LogP contribution in [-0.2, 0) is 10.0 Å². The minimum atomic E-state index is -3.98. The Morgan fingerprint density at radius 2 is 1.80 bits per heavy atom. The third-order valence-electron chi connectivity index (χ3n) is 7.08. The maximum atomic E-state index is 14.2. The van der Waals surface area contributed by atoms with Gasteiger partial charge in [-0.1, -0.05) is 25.7 Å². The number of carbonyl (C=O) groups excluding carboxylic acids is 1. The fraction of sp³-hybridized carbons (Fsp3) is 0.519. The third kappa shape index (κ3) is 6.69. The fourth-order valence-electron chi connectivity index (χ4n) is 4.70. The second kappa shape index (κ2) is 12.1. The van der Waals surface area contributed by atoms with E-state index < -0.39 is 18.1 Å². The molecule has 0 saturated carbocycles. The van der Waals surface area contributed by atoms with Crippen LogP contribution in [0, 0.1) is 6.92 Å². The Morgan fingerprint density at radius 1 is 1.12 bits per heavy atom. The standard InChI is InChI=1S/C27H40N6O6SSi/c1-19-13-14-28-27(34)31(19)15-17-40(35,36)32(16-18-41(5,6)7)26-30-29-25(23-12-11-20(2)39-23)33(26)24-21(37-3)9-8-10-22(24)38-4/h8-12,19H,13-18H2,1-7H3,(H,28,34). The minimum Gasteiger partial charge on any atom is -0.494 e. The Balaban J connectivity index is 1.88. The number of anilines is 1. The molecule has 12 nitrogen and oxygen atoms in total. The Labute approximate surface area is 242 Å². The highest BCUT2D eigenvalue weighted by molar-refractivity contribution is 7.92. The predicted molar refractivity (Wildman–Crippen MR) is 160 cm³/mol. The van der Waals surface area contributed by atoms with Crippen molar-refractivity contribution in [2.75, 3.05) is 43.9 Å². The van der Waals surface area contributed by atoms with Crippen LogP contribution in [0.2, 0.25) is 25.7 Å². The molecule has 4 rings (SSSR count). The van der Waals surface area contributed by atoms with Crippen molar-refractivity contribution in [2.45, 2.75) is 52.0 Å². The van der Waals surface area contributed by atoms with E-state index in [1.54, 1.807) is 39.8 Å². The molecule has 0 bridgehead atoms. The summed E-state index contributed by atoms with van der Waals surface area (Å²) in [6, 6.07) is 9.22. The van der Waals surface area contributed by atoms with Gasteiger partial charge in [-0.05, 0) is 50.6 Å². The number of nitrogens with one attached hydrogen (secondary N) is 1. The average molecular weight is 605 g/mol. The number of rotatable bonds is 12. The molecule has 0 spiro atoms. The van der Waals surface area contributed by atoms with Crippen molar-refractivity contribution >= 4 is 30.1 Å². The minimum absolute atomic E-state index is 0.0507. The zero-order chi connectivity index (χ0) is 29.9. The first-order valence-corrected chi connectivity index (χ1v) is 19.0. The van der Waals surface area contributed by atoms with Gasteiger partial charge < -0.3 is 24.1 Å². The number of furan rings is 1. The van der Waals surface area contributed by atoms with Crippen LogP contribution >= 0.6 is 0 Å². The summed E-state index contributed by atoms with van der Waals surface area (Å²) in [6.07, 6.45) is 0.749. The lowest BCUT2D eigenvalue weighted by molar-refractivity contribution is 0.164. The Morgan fingerprint density at radius 3 is 2.37 bits per heavy atom. The summed E-state index contributed by atoms with van der Waals surface area (Å²) in [5, 5.41) is 11.7. The van der Waals surface area contributed by atoms with Crippen molar-refractivity contribution in [1.29, 1.82) is 0 Å². The van der Waals surface area contributed by atoms with Gasteiger partial charge in [0, 0.05) is 33.7 Å². The molecule has 1 atom stereocenters. The lowest BCUT2D eigenvalue weighted by Crippen LogP contribution is -2.53. The van der Waals surface area contributed by atoms with E-state index in [9.17, 15) is 13.2 Å². The normalized spacial score (nSPS) is 16.0. The highest BCUT2D eigenvalue weighted by Gasteiger charge is 2.35. The van der Waals surface area contributed by atoms with Crippen LogP contribution in [-0.4, -0.2) is 87.8 Å². The molecule has 2 amide bonds. The van der Waals surface area contributed by atoms with E-state index in [0.717, 1.165) is 6.42 Å². The van der Waals surface area contributed by atoms with Crippen molar-refractivity contribution in [2.24, 2.45) is 0 Å². The summed E-state index contributed by atoms with van der Waals surface area (Å²) in [6.45, 7) is 11.1. The fourth-order valence-corrected chi connectivity index (χ4v) is 7.14. The number of ether oxygens (including phenoxy) is 2. The van der Waals surface area contributed by atoms with Gasteiger partial charge in [0.1, 0.15) is 22.9 Å². The Hall–Kier alpha value is -3.52. The van der Waals surface area contributed by atoms with E-state index in [-0.39, 0.29) is 36.9 Å². The van der Waals surface area contributed by atoms with Crippen LogP contribution < -0.4 is 19.1 Å². The van der Waals surface area contributed by atoms with Gasteiger partial charge in [0.05, 0.1) is 20.0 Å². The van der Waals surface area contributed by atoms with Gasteiger partial charge in [-0.3, -0.25) is 4.57 Å². The molecule has 1 aromatic carbocycles. The van der Waals surface area contributed by atoms with E-state index in [1.807, 2.05) is 13.8 Å². The summed E-state index contributed by atoms with van der Waals surface area (Å²) >= 11 is 0. The van der Waals surface area contributed by atoms with Crippen LogP contribution in [0.15, 0.2) is 34.7 Å². The zero-order valence-electron chi connectivity index (χ0n) is 24.8. The molecule has 1 aliphatic heterocycles. The predicted octanol–water partition coefficient (Wildman–Crippen LogP) is 4.13. The number of urea groups is 1. The molecule has 3 heterocycles. The molecule has 1 saturated heterocycles. The molecule has 3 aromatic rings. The maximum Gasteiger partial charge on any atom is 0.317 e. The van der Waals surface area contributed by atoms with Gasteiger partial charge in [0.25, 0.3) is 0 Å². The van der Waals surface area contributed by atoms with Gasteiger partial charge in [-0.2, -0.15) is 0 Å². The van der Waals surface area contributed by atoms with E-state index in [4.69, 9.17) is 13.9 Å². The SMILES string of the molecule is COc1cccc(OC)c1-n1c(-c2ccc(C)o2)nnc1N(CC[Si](C)(C)C)S(=O)(=O)CCN1C(=O)NCCC1C. The highest BCUT2D eigenvalue weighted by Crippen LogP contribution is 2.39. The van der Waals surface area contributed by atoms with Crippen LogP contribution in [0.3, 0.4) is 0 Å². The van der Waals surface area contributed by atoms with Gasteiger partial charge in [0.15, 0.2) is 5.76 Å². The first-order valence-electron chi connectivity index (χ1n) is 13.6. The van der Waals surface area contributed by atoms with Crippen LogP contribution in [0.1, 0.15) is 19.1 Å². The molecular weight excluding hydrogens is 564 g/mol. The second-order valence-corrected chi connectivity index (χ2v) is 19.0. The summed E-state index contributed by atoms with van der Waals surface area (Å²) in [5.41, 5.74) is 0.443. The van der Waals surface area contributed by atoms with Crippen molar-refractivity contribution in [1.82, 2.24) is 25.0 Å². The molecule has 224 valence electrons. The molecule has 41 heavy (non-hydrogen) atoms. The summed E-state index contributed by atoms with van der Waals surface area (Å²) in [5.74, 6) is 2.07. The van der Waals surface area contributed by atoms with Crippen LogP contribution in [0.4, 0.5) is 10.7 Å². The Kier molecular flexibility index (Phi) is 9.02. The smallest absolute Gasteiger partial charge is 0.317 e. The van der Waals surface area contributed by atoms with Crippen molar-refractivity contribution in [3.63, 3.8) is 0 Å². The summed E-state index contributed by atoms with van der Waals surface area (Å²) in [4.78, 5) is 14.1. The largest absolute Gasteiger partial charge is 0.494 e. The van der Waals surface area contributed by atoms with Crippen molar-refractivity contribution in [3.8, 4) is 28.8 Å². The van der Waals surface area contributed by atoms with Crippen LogP contribution in [0.25, 0.3) is 17.3 Å². The molecule has 14 heteroatoms. The molecule has 1 unspecified atom stereocenters. The van der Waals surface area contributed by atoms with Crippen molar-refractivity contribution in [3.05, 3.63) is 36.1 Å². The van der Waals surface area contributed by atoms with Crippen molar-refractivity contribution < 1.29 is 27.1 Å². The number of carbonyl (C=O) groups is 1. The average Bonchev–Trinajstić information content (AvgIpc) is 3.53. The van der Waals surface area contributed by atoms with Gasteiger partial charge in [0.2, 0.25) is 21.8 Å². The number of sulfonamides is 1. The topological polar surface area (TPSA) is 132 Å². The maximum absolute atomic E-state index is 14.2. The molecule has 1 aliphatic rings. The number of aryl methyl sites for hydroxylation is 1. The van der Waals surface area contributed by atoms with Gasteiger partial charge in [-0.25, -0.2) is 17.5 Å². The van der Waals surface area contributed by atoms with Crippen LogP contribution in [0.5, 0.6) is 11.5 Å². The molecular formula is C27H40N6O6SSi. The highest BCUT2D eigenvalue weighted by atomic mass is 32.2. The number of hydrogen-bond donors (Lipinski definition) is 1. The van der Waals surface area contributed by atoms with Gasteiger partial charge in [-0.15, -0.1) is 10.2 Å². The number of aromatic nitrogens is 3. The van der Waals surface area contributed by atoms with E-state index in [0.29, 0.717) is 47.1 Å². The molecule has 0 aliphatic carbocycles. The first kappa shape index (κ1) is 30.4. The van der Waals surface area contributed by atoms with E-state index in [2.05, 4.69) is 35.2 Å². The number of benzene rings is 1. The molecule has 0 radical (unpaired) electrons. The number of amides is 2. The Bertz CT molecular complexity index is 1460. The van der Waals surface area contributed by atoms with E-state index in [1.165, 1.54) is 18.5 Å². The quantitative estimate of drug-likeness (QED) is 0.305. The molecule has 2 aromatic heterocycles. The van der Waals surface area contributed by atoms with Gasteiger partial charge >= 0.3 is 6.03 Å². The number of nitrogens with zero attached hydrogens (tertiary/aromatic N) is 5. The lowest BCUT2D eigenvalue weighted by Gasteiger charge is -2.34. The summed E-state index contributed by atoms with van der Waals surface area (Å²) in [7, 11) is -2.62. The first-order chi connectivity index (χ1) is 19.4. The third-order valence-corrected chi connectivity index (χ3v) is 10.5. The van der Waals surface area contributed by atoms with E-state index >= 15 is 0 Å². The monoisotopic (exact) mass is 604 g/mol. The number of para-hydroxylation sites is 1. The molecule has 1 N–H and O–H groups in total.